The molecule has 3 fully saturated rings. The third-order valence-electron chi connectivity index (χ3n) is 8.93. The first kappa shape index (κ1) is 26.1. The molecule has 4 atom stereocenters. The fraction of sp³-hybridized carbons (Fsp3) is 0.500. The van der Waals surface area contributed by atoms with E-state index in [1.807, 2.05) is 43.6 Å². The molecule has 4 aliphatic heterocycles. The number of anilines is 5. The fourth-order valence-corrected chi connectivity index (χ4v) is 6.53. The molecule has 41 heavy (non-hydrogen) atoms. The van der Waals surface area contributed by atoms with Crippen molar-refractivity contribution in [1.82, 2.24) is 25.3 Å². The van der Waals surface area contributed by atoms with Gasteiger partial charge in [0.1, 0.15) is 24.1 Å². The molecule has 0 aliphatic carbocycles. The van der Waals surface area contributed by atoms with Crippen LogP contribution in [0.4, 0.5) is 33.9 Å². The number of carbonyl (C=O) groups is 1. The molecule has 4 aliphatic rings. The Hall–Kier alpha value is -3.83. The van der Waals surface area contributed by atoms with Crippen molar-refractivity contribution in [1.29, 1.82) is 0 Å². The van der Waals surface area contributed by atoms with Gasteiger partial charge >= 0.3 is 6.09 Å². The quantitative estimate of drug-likeness (QED) is 0.468. The predicted molar refractivity (Wildman–Crippen MR) is 155 cm³/mol. The third-order valence-corrected chi connectivity index (χ3v) is 8.93. The Morgan fingerprint density at radius 2 is 1.88 bits per heavy atom. The summed E-state index contributed by atoms with van der Waals surface area (Å²) in [6, 6.07) is 9.82. The summed E-state index contributed by atoms with van der Waals surface area (Å²) in [5.41, 5.74) is 2.31. The summed E-state index contributed by atoms with van der Waals surface area (Å²) in [5.74, 6) is 3.02. The van der Waals surface area contributed by atoms with Crippen LogP contribution < -0.4 is 20.4 Å². The summed E-state index contributed by atoms with van der Waals surface area (Å²) >= 11 is 0. The highest BCUT2D eigenvalue weighted by Crippen LogP contribution is 2.53. The summed E-state index contributed by atoms with van der Waals surface area (Å²) in [4.78, 5) is 35.7. The number of aromatic nitrogens is 4. The lowest BCUT2D eigenvalue weighted by Gasteiger charge is -2.46. The Kier molecular flexibility index (Phi) is 6.13. The van der Waals surface area contributed by atoms with Gasteiger partial charge in [-0.1, -0.05) is 13.0 Å². The van der Waals surface area contributed by atoms with Gasteiger partial charge in [0.2, 0.25) is 5.95 Å². The average molecular weight is 557 g/mol. The molecule has 11 nitrogen and oxygen atoms in total. The molecule has 0 spiro atoms. The summed E-state index contributed by atoms with van der Waals surface area (Å²) in [5, 5.41) is 6.75. The van der Waals surface area contributed by atoms with E-state index >= 15 is 0 Å². The smallest absolute Gasteiger partial charge is 0.415 e. The van der Waals surface area contributed by atoms with Crippen LogP contribution in [0.3, 0.4) is 0 Å². The second-order valence-electron chi connectivity index (χ2n) is 12.4. The minimum atomic E-state index is -0.376. The number of amides is 1. The first-order valence-corrected chi connectivity index (χ1v) is 14.4. The molecule has 7 rings (SSSR count). The van der Waals surface area contributed by atoms with Crippen LogP contribution in [0.2, 0.25) is 0 Å². The maximum atomic E-state index is 12.5. The molecule has 1 unspecified atom stereocenters. The zero-order chi connectivity index (χ0) is 28.4. The molecule has 3 saturated heterocycles. The van der Waals surface area contributed by atoms with Crippen LogP contribution in [0.25, 0.3) is 0 Å². The van der Waals surface area contributed by atoms with E-state index in [2.05, 4.69) is 42.4 Å². The summed E-state index contributed by atoms with van der Waals surface area (Å²) in [6.07, 6.45) is 5.27. The van der Waals surface area contributed by atoms with Crippen molar-refractivity contribution in [3.8, 4) is 0 Å². The first-order valence-electron chi connectivity index (χ1n) is 14.4. The molecule has 3 aromatic heterocycles. The Labute approximate surface area is 239 Å². The van der Waals surface area contributed by atoms with Crippen LogP contribution in [0, 0.1) is 0 Å². The fourth-order valence-electron chi connectivity index (χ4n) is 6.53. The van der Waals surface area contributed by atoms with Gasteiger partial charge in [-0.3, -0.25) is 9.88 Å². The Bertz CT molecular complexity index is 1470. The minimum Gasteiger partial charge on any atom is -0.447 e. The van der Waals surface area contributed by atoms with Crippen LogP contribution in [-0.2, 0) is 14.9 Å². The standard InChI is InChI=1S/C30H36N8O3/c1-18-16-40-28(39)37(18)24-6-5-7-25(35-24)38-23-12-29(2,3)41-17-30(23,4)21-15-33-27(36-26(21)38)34-20-8-9-22(32-14-20)19-10-11-31-13-19/h5-9,14-15,18-19,23,31H,10-13,16-17H2,1-4H3,(H,33,34,36)/t18-,19-,23?,30-/m0/s1. The highest BCUT2D eigenvalue weighted by molar-refractivity contribution is 5.89. The van der Waals surface area contributed by atoms with Gasteiger partial charge in [0.15, 0.2) is 0 Å². The Morgan fingerprint density at radius 3 is 2.59 bits per heavy atom. The van der Waals surface area contributed by atoms with E-state index in [4.69, 9.17) is 29.4 Å². The number of pyridine rings is 2. The van der Waals surface area contributed by atoms with Gasteiger partial charge in [-0.25, -0.2) is 14.8 Å². The summed E-state index contributed by atoms with van der Waals surface area (Å²) in [6.45, 7) is 11.3. The number of nitrogens with zero attached hydrogens (tertiary/aromatic N) is 6. The van der Waals surface area contributed by atoms with Crippen LogP contribution in [-0.4, -0.2) is 70.0 Å². The SMILES string of the molecule is C[C@H]1COC(=O)N1c1cccc(N2c3nc(Nc4ccc([C@H]5CCNC5)nc4)ncc3[C@]3(C)COC(C)(C)CC23)n1. The molecule has 1 amide bonds. The van der Waals surface area contributed by atoms with Gasteiger partial charge in [-0.2, -0.15) is 4.98 Å². The van der Waals surface area contributed by atoms with Crippen molar-refractivity contribution in [2.24, 2.45) is 0 Å². The van der Waals surface area contributed by atoms with Gasteiger partial charge in [0.25, 0.3) is 0 Å². The third kappa shape index (κ3) is 4.47. The lowest BCUT2D eigenvalue weighted by molar-refractivity contribution is -0.0893. The van der Waals surface area contributed by atoms with Crippen molar-refractivity contribution < 1.29 is 14.3 Å². The number of hydrogen-bond acceptors (Lipinski definition) is 10. The number of carbonyl (C=O) groups excluding carboxylic acids is 1. The minimum absolute atomic E-state index is 0.0393. The van der Waals surface area contributed by atoms with E-state index in [1.54, 1.807) is 4.90 Å². The van der Waals surface area contributed by atoms with Crippen molar-refractivity contribution in [2.45, 2.75) is 69.6 Å². The van der Waals surface area contributed by atoms with Crippen molar-refractivity contribution in [2.75, 3.05) is 41.4 Å². The van der Waals surface area contributed by atoms with Crippen LogP contribution in [0.5, 0.6) is 0 Å². The van der Waals surface area contributed by atoms with E-state index < -0.39 is 0 Å². The van der Waals surface area contributed by atoms with E-state index in [1.165, 1.54) is 0 Å². The number of hydrogen-bond donors (Lipinski definition) is 2. The largest absolute Gasteiger partial charge is 0.447 e. The highest BCUT2D eigenvalue weighted by atomic mass is 16.6. The first-order chi connectivity index (χ1) is 19.7. The van der Waals surface area contributed by atoms with Crippen molar-refractivity contribution in [3.63, 3.8) is 0 Å². The van der Waals surface area contributed by atoms with E-state index in [0.29, 0.717) is 30.9 Å². The zero-order valence-electron chi connectivity index (χ0n) is 23.9. The maximum absolute atomic E-state index is 12.5. The molecule has 11 heteroatoms. The molecule has 3 aromatic rings. The Morgan fingerprint density at radius 1 is 1.05 bits per heavy atom. The molecular formula is C30H36N8O3. The van der Waals surface area contributed by atoms with Gasteiger partial charge in [-0.05, 0) is 64.4 Å². The topological polar surface area (TPSA) is 118 Å². The number of cyclic esters (lactones) is 1. The Balaban J connectivity index is 1.25. The van der Waals surface area contributed by atoms with Crippen LogP contribution in [0.1, 0.15) is 57.7 Å². The number of nitrogens with one attached hydrogen (secondary N) is 2. The van der Waals surface area contributed by atoms with Gasteiger partial charge in [-0.15, -0.1) is 0 Å². The normalized spacial score (nSPS) is 28.4. The number of ether oxygens (including phenoxy) is 2. The molecule has 0 bridgehead atoms. The lowest BCUT2D eigenvalue weighted by atomic mass is 9.73. The number of fused-ring (bicyclic) bond motifs is 3. The zero-order valence-corrected chi connectivity index (χ0v) is 23.9. The highest BCUT2D eigenvalue weighted by Gasteiger charge is 2.55. The lowest BCUT2D eigenvalue weighted by Crippen LogP contribution is -2.54. The molecule has 0 radical (unpaired) electrons. The molecule has 214 valence electrons. The maximum Gasteiger partial charge on any atom is 0.415 e. The van der Waals surface area contributed by atoms with E-state index in [-0.39, 0.29) is 29.2 Å². The predicted octanol–water partition coefficient (Wildman–Crippen LogP) is 4.41. The second-order valence-corrected chi connectivity index (χ2v) is 12.4. The van der Waals surface area contributed by atoms with Crippen LogP contribution >= 0.6 is 0 Å². The second kappa shape index (κ2) is 9.63. The number of rotatable bonds is 5. The van der Waals surface area contributed by atoms with Crippen molar-refractivity contribution >= 4 is 35.2 Å². The van der Waals surface area contributed by atoms with E-state index in [9.17, 15) is 4.79 Å². The molecule has 0 aromatic carbocycles. The monoisotopic (exact) mass is 556 g/mol. The molecule has 7 heterocycles. The molecule has 2 N–H and O–H groups in total. The van der Waals surface area contributed by atoms with Gasteiger partial charge in [0.05, 0.1) is 36.2 Å². The molecular weight excluding hydrogens is 520 g/mol. The summed E-state index contributed by atoms with van der Waals surface area (Å²) in [7, 11) is 0. The summed E-state index contributed by atoms with van der Waals surface area (Å²) < 4.78 is 11.6. The molecule has 0 saturated carbocycles. The average Bonchev–Trinajstić information content (AvgIpc) is 3.66. The van der Waals surface area contributed by atoms with Gasteiger partial charge in [0, 0.05) is 35.3 Å². The van der Waals surface area contributed by atoms with E-state index in [0.717, 1.165) is 54.5 Å². The van der Waals surface area contributed by atoms with Crippen LogP contribution in [0.15, 0.2) is 42.7 Å². The van der Waals surface area contributed by atoms with Gasteiger partial charge < -0.3 is 25.0 Å². The van der Waals surface area contributed by atoms with Crippen molar-refractivity contribution in [3.05, 3.63) is 54.0 Å².